The molecule has 0 N–H and O–H groups in total. The first-order chi connectivity index (χ1) is 2.63. The van der Waals surface area contributed by atoms with Crippen molar-refractivity contribution in [2.75, 3.05) is 0 Å². The minimum atomic E-state index is -0.805. The molecule has 0 saturated heterocycles. The normalized spacial score (nSPS) is 55.5. The van der Waals surface area contributed by atoms with Crippen LogP contribution in [0.15, 0.2) is 0 Å². The zero-order valence-corrected chi connectivity index (χ0v) is 5.70. The molecule has 1 aliphatic carbocycles. The highest BCUT2D eigenvalue weighted by Crippen LogP contribution is 2.45. The van der Waals surface area contributed by atoms with Crippen LogP contribution in [0.5, 0.6) is 0 Å². The van der Waals surface area contributed by atoms with Gasteiger partial charge >= 0.3 is 0 Å². The van der Waals surface area contributed by atoms with Crippen molar-refractivity contribution in [1.82, 2.24) is 0 Å². The summed E-state index contributed by atoms with van der Waals surface area (Å²) in [7, 11) is 0. The van der Waals surface area contributed by atoms with Crippen molar-refractivity contribution in [3.05, 3.63) is 0 Å². The summed E-state index contributed by atoms with van der Waals surface area (Å²) in [5, 5.41) is 0. The molecule has 0 aromatic heterocycles. The third-order valence-corrected chi connectivity index (χ3v) is 2.81. The van der Waals surface area contributed by atoms with Crippen LogP contribution in [0.25, 0.3) is 0 Å². The predicted molar refractivity (Wildman–Crippen MR) is 31.9 cm³/mol. The van der Waals surface area contributed by atoms with E-state index in [4.69, 9.17) is 0 Å². The van der Waals surface area contributed by atoms with Crippen LogP contribution >= 0.6 is 22.6 Å². The van der Waals surface area contributed by atoms with E-state index in [2.05, 4.69) is 22.6 Å². The molecule has 0 spiro atoms. The molecule has 1 fully saturated rings. The van der Waals surface area contributed by atoms with E-state index in [0.29, 0.717) is 3.92 Å². The minimum absolute atomic E-state index is 0.301. The Kier molecular flexibility index (Phi) is 0.867. The van der Waals surface area contributed by atoms with Crippen molar-refractivity contribution in [2.45, 2.75) is 22.9 Å². The molecule has 0 aliphatic heterocycles. The monoisotopic (exact) mass is 200 g/mol. The Morgan fingerprint density at radius 3 is 2.17 bits per heavy atom. The van der Waals surface area contributed by atoms with E-state index in [9.17, 15) is 4.39 Å². The van der Waals surface area contributed by atoms with E-state index < -0.39 is 5.67 Å². The highest BCUT2D eigenvalue weighted by atomic mass is 127. The van der Waals surface area contributed by atoms with Crippen molar-refractivity contribution in [3.63, 3.8) is 0 Å². The fourth-order valence-corrected chi connectivity index (χ4v) is 1.15. The lowest BCUT2D eigenvalue weighted by Crippen LogP contribution is -1.91. The van der Waals surface area contributed by atoms with Crippen LogP contribution in [0, 0.1) is 0 Å². The summed E-state index contributed by atoms with van der Waals surface area (Å²) < 4.78 is 12.5. The van der Waals surface area contributed by atoms with E-state index in [1.54, 1.807) is 6.92 Å². The van der Waals surface area contributed by atoms with Gasteiger partial charge in [-0.3, -0.25) is 0 Å². The van der Waals surface area contributed by atoms with Crippen LogP contribution in [0.3, 0.4) is 0 Å². The lowest BCUT2D eigenvalue weighted by molar-refractivity contribution is 0.344. The van der Waals surface area contributed by atoms with Gasteiger partial charge in [-0.25, -0.2) is 4.39 Å². The molecule has 2 heteroatoms. The van der Waals surface area contributed by atoms with Crippen LogP contribution in [-0.2, 0) is 0 Å². The van der Waals surface area contributed by atoms with Gasteiger partial charge < -0.3 is 0 Å². The molecule has 0 nitrogen and oxygen atoms in total. The second-order valence-electron chi connectivity index (χ2n) is 1.95. The molecule has 36 valence electrons. The fraction of sp³-hybridized carbons (Fsp3) is 1.00. The van der Waals surface area contributed by atoms with Crippen LogP contribution in [-0.4, -0.2) is 9.59 Å². The van der Waals surface area contributed by atoms with Gasteiger partial charge in [-0.1, -0.05) is 22.6 Å². The molecule has 0 aromatic rings. The van der Waals surface area contributed by atoms with Crippen molar-refractivity contribution in [2.24, 2.45) is 0 Å². The van der Waals surface area contributed by atoms with Crippen LogP contribution in [0.2, 0.25) is 0 Å². The number of alkyl halides is 2. The molecule has 1 aliphatic rings. The first-order valence-corrected chi connectivity index (χ1v) is 3.20. The van der Waals surface area contributed by atoms with E-state index in [-0.39, 0.29) is 0 Å². The van der Waals surface area contributed by atoms with Gasteiger partial charge in [0.05, 0.1) is 0 Å². The van der Waals surface area contributed by atoms with Crippen molar-refractivity contribution < 1.29 is 4.39 Å². The van der Waals surface area contributed by atoms with Gasteiger partial charge in [-0.05, 0) is 13.3 Å². The van der Waals surface area contributed by atoms with Crippen LogP contribution in [0.4, 0.5) is 4.39 Å². The first kappa shape index (κ1) is 4.81. The fourth-order valence-electron chi connectivity index (χ4n) is 0.291. The first-order valence-electron chi connectivity index (χ1n) is 1.96. The molecular weight excluding hydrogens is 194 g/mol. The lowest BCUT2D eigenvalue weighted by Gasteiger charge is -1.85. The minimum Gasteiger partial charge on any atom is -0.243 e. The Balaban J connectivity index is 2.41. The van der Waals surface area contributed by atoms with Gasteiger partial charge in [0.2, 0.25) is 0 Å². The highest BCUT2D eigenvalue weighted by molar-refractivity contribution is 14.1. The molecule has 2 atom stereocenters. The van der Waals surface area contributed by atoms with Gasteiger partial charge in [0, 0.05) is 3.92 Å². The summed E-state index contributed by atoms with van der Waals surface area (Å²) >= 11 is 2.12. The van der Waals surface area contributed by atoms with Gasteiger partial charge in [-0.15, -0.1) is 0 Å². The smallest absolute Gasteiger partial charge is 0.121 e. The van der Waals surface area contributed by atoms with Crippen molar-refractivity contribution in [1.29, 1.82) is 0 Å². The Hall–Kier alpha value is 0.660. The molecule has 0 heterocycles. The van der Waals surface area contributed by atoms with Gasteiger partial charge in [-0.2, -0.15) is 0 Å². The number of rotatable bonds is 0. The molecule has 0 bridgehead atoms. The highest BCUT2D eigenvalue weighted by Gasteiger charge is 2.49. The summed E-state index contributed by atoms with van der Waals surface area (Å²) in [6.45, 7) is 1.64. The Bertz CT molecular complexity index is 69.9. The third-order valence-electron chi connectivity index (χ3n) is 1.07. The summed E-state index contributed by atoms with van der Waals surface area (Å²) in [5.74, 6) is 0. The van der Waals surface area contributed by atoms with E-state index in [0.717, 1.165) is 6.42 Å². The van der Waals surface area contributed by atoms with Crippen molar-refractivity contribution >= 4 is 22.6 Å². The molecule has 1 unspecified atom stereocenters. The zero-order chi connectivity index (χ0) is 4.78. The van der Waals surface area contributed by atoms with Crippen molar-refractivity contribution in [3.8, 4) is 0 Å². The Labute approximate surface area is 50.3 Å². The molecule has 0 amide bonds. The van der Waals surface area contributed by atoms with E-state index in [1.165, 1.54) is 0 Å². The second kappa shape index (κ2) is 1.08. The van der Waals surface area contributed by atoms with E-state index in [1.807, 2.05) is 0 Å². The maximum atomic E-state index is 12.2. The molecular formula is C4H6FI. The maximum Gasteiger partial charge on any atom is 0.121 e. The topological polar surface area (TPSA) is 0 Å². The standard InChI is InChI=1S/C4H6FI/c1-4(5)2-3(4)6/h3H,2H2,1H3/t3?,4-/m1/s1. The number of hydrogen-bond acceptors (Lipinski definition) is 0. The molecule has 1 saturated carbocycles. The Morgan fingerprint density at radius 1 is 2.00 bits per heavy atom. The molecule has 1 rings (SSSR count). The predicted octanol–water partition coefficient (Wildman–Crippen LogP) is 1.92. The third kappa shape index (κ3) is 0.669. The quantitative estimate of drug-likeness (QED) is 0.414. The summed E-state index contributed by atoms with van der Waals surface area (Å²) in [6.07, 6.45) is 0.758. The summed E-state index contributed by atoms with van der Waals surface area (Å²) in [5.41, 5.74) is -0.805. The van der Waals surface area contributed by atoms with E-state index >= 15 is 0 Å². The van der Waals surface area contributed by atoms with Crippen LogP contribution in [0.1, 0.15) is 13.3 Å². The summed E-state index contributed by atoms with van der Waals surface area (Å²) in [6, 6.07) is 0. The molecule has 0 radical (unpaired) electrons. The van der Waals surface area contributed by atoms with Gasteiger partial charge in [0.15, 0.2) is 0 Å². The van der Waals surface area contributed by atoms with Crippen LogP contribution < -0.4 is 0 Å². The SMILES string of the molecule is C[C@@]1(F)CC1I. The van der Waals surface area contributed by atoms with Gasteiger partial charge in [0.25, 0.3) is 0 Å². The lowest BCUT2D eigenvalue weighted by atomic mass is 10.5. The Morgan fingerprint density at radius 2 is 2.17 bits per heavy atom. The average Bonchev–Trinajstić information content (AvgIpc) is 1.73. The van der Waals surface area contributed by atoms with Gasteiger partial charge in [0.1, 0.15) is 5.67 Å². The second-order valence-corrected chi connectivity index (χ2v) is 3.45. The molecule has 6 heavy (non-hydrogen) atoms. The number of halogens is 2. The average molecular weight is 200 g/mol. The zero-order valence-electron chi connectivity index (χ0n) is 3.54. The summed E-state index contributed by atoms with van der Waals surface area (Å²) in [4.78, 5) is 0. The largest absolute Gasteiger partial charge is 0.243 e. The maximum absolute atomic E-state index is 12.2. The molecule has 0 aromatic carbocycles. The number of hydrogen-bond donors (Lipinski definition) is 0.